The maximum Gasteiger partial charge on any atom is 0.335 e. The number of amides is 4. The van der Waals surface area contributed by atoms with Crippen LogP contribution in [0.2, 0.25) is 5.02 Å². The second kappa shape index (κ2) is 11.7. The van der Waals surface area contributed by atoms with E-state index in [4.69, 9.17) is 25.8 Å². The first kappa shape index (κ1) is 27.2. The SMILES string of the molecule is COc1cc(/C=C2\C(=O)NC(=O)N(c3ccc(OCc4ccccc4Cl)cc3)C2=O)cc(Br)c1OC(C)C. The fraction of sp³-hybridized carbons (Fsp3) is 0.179. The van der Waals surface area contributed by atoms with Crippen molar-refractivity contribution in [3.8, 4) is 17.2 Å². The van der Waals surface area contributed by atoms with Crippen molar-refractivity contribution in [2.24, 2.45) is 0 Å². The normalized spacial score (nSPS) is 14.6. The van der Waals surface area contributed by atoms with Gasteiger partial charge >= 0.3 is 6.03 Å². The van der Waals surface area contributed by atoms with E-state index in [2.05, 4.69) is 21.2 Å². The summed E-state index contributed by atoms with van der Waals surface area (Å²) >= 11 is 9.62. The zero-order chi connectivity index (χ0) is 27.4. The van der Waals surface area contributed by atoms with E-state index in [0.717, 1.165) is 10.5 Å². The molecule has 1 N–H and O–H groups in total. The van der Waals surface area contributed by atoms with Crippen molar-refractivity contribution in [1.82, 2.24) is 5.32 Å². The number of benzene rings is 3. The molecule has 1 aliphatic rings. The van der Waals surface area contributed by atoms with E-state index < -0.39 is 17.8 Å². The number of imide groups is 2. The van der Waals surface area contributed by atoms with Gasteiger partial charge in [-0.05, 0) is 83.9 Å². The zero-order valence-corrected chi connectivity index (χ0v) is 23.1. The minimum atomic E-state index is -0.846. The predicted octanol–water partition coefficient (Wildman–Crippen LogP) is 6.14. The lowest BCUT2D eigenvalue weighted by Crippen LogP contribution is -2.54. The molecule has 0 saturated carbocycles. The smallest absolute Gasteiger partial charge is 0.335 e. The quantitative estimate of drug-likeness (QED) is 0.247. The number of carbonyl (C=O) groups is 3. The molecule has 4 rings (SSSR count). The van der Waals surface area contributed by atoms with Gasteiger partial charge in [0.1, 0.15) is 17.9 Å². The molecule has 10 heteroatoms. The minimum Gasteiger partial charge on any atom is -0.493 e. The standard InChI is InChI=1S/C28H24BrClN2O6/c1-16(2)38-25-22(29)13-17(14-24(25)36-3)12-21-26(33)31-28(35)32(27(21)34)19-8-10-20(11-9-19)37-15-18-6-4-5-7-23(18)30/h4-14,16H,15H2,1-3H3,(H,31,33,35)/b21-12+. The second-order valence-corrected chi connectivity index (χ2v) is 9.79. The van der Waals surface area contributed by atoms with Gasteiger partial charge in [-0.3, -0.25) is 14.9 Å². The van der Waals surface area contributed by atoms with Crippen molar-refractivity contribution in [2.75, 3.05) is 12.0 Å². The molecule has 4 amide bonds. The number of nitrogens with zero attached hydrogens (tertiary/aromatic N) is 1. The van der Waals surface area contributed by atoms with Crippen LogP contribution in [0, 0.1) is 0 Å². The van der Waals surface area contributed by atoms with Crippen LogP contribution in [0.15, 0.2) is 70.7 Å². The maximum absolute atomic E-state index is 13.3. The Hall–Kier alpha value is -3.82. The third-order valence-corrected chi connectivity index (χ3v) is 6.42. The van der Waals surface area contributed by atoms with E-state index in [1.165, 1.54) is 13.2 Å². The number of carbonyl (C=O) groups excluding carboxylic acids is 3. The van der Waals surface area contributed by atoms with Crippen LogP contribution in [-0.2, 0) is 16.2 Å². The number of methoxy groups -OCH3 is 1. The van der Waals surface area contributed by atoms with Crippen LogP contribution in [0.1, 0.15) is 25.0 Å². The maximum atomic E-state index is 13.3. The van der Waals surface area contributed by atoms with E-state index >= 15 is 0 Å². The largest absolute Gasteiger partial charge is 0.493 e. The molecular weight excluding hydrogens is 576 g/mol. The summed E-state index contributed by atoms with van der Waals surface area (Å²) in [4.78, 5) is 39.4. The molecule has 0 unspecified atom stereocenters. The summed E-state index contributed by atoms with van der Waals surface area (Å²) in [6.45, 7) is 4.02. The van der Waals surface area contributed by atoms with Crippen LogP contribution in [-0.4, -0.2) is 31.1 Å². The molecule has 1 heterocycles. The van der Waals surface area contributed by atoms with Crippen LogP contribution in [0.3, 0.4) is 0 Å². The third kappa shape index (κ3) is 6.00. The van der Waals surface area contributed by atoms with Gasteiger partial charge in [0.25, 0.3) is 11.8 Å². The average Bonchev–Trinajstić information content (AvgIpc) is 2.88. The summed E-state index contributed by atoms with van der Waals surface area (Å²) in [5.41, 5.74) is 1.38. The fourth-order valence-electron chi connectivity index (χ4n) is 3.70. The number of rotatable bonds is 8. The lowest BCUT2D eigenvalue weighted by Gasteiger charge is -2.26. The van der Waals surface area contributed by atoms with Crippen LogP contribution in [0.25, 0.3) is 6.08 Å². The summed E-state index contributed by atoms with van der Waals surface area (Å²) < 4.78 is 17.6. The van der Waals surface area contributed by atoms with Crippen molar-refractivity contribution in [2.45, 2.75) is 26.6 Å². The van der Waals surface area contributed by atoms with Gasteiger partial charge in [0.15, 0.2) is 11.5 Å². The molecule has 1 saturated heterocycles. The molecule has 196 valence electrons. The number of ether oxygens (including phenoxy) is 3. The highest BCUT2D eigenvalue weighted by Crippen LogP contribution is 2.38. The molecule has 0 bridgehead atoms. The molecule has 0 aromatic heterocycles. The molecule has 0 aliphatic carbocycles. The summed E-state index contributed by atoms with van der Waals surface area (Å²) in [6, 6.07) is 16.2. The molecule has 8 nitrogen and oxygen atoms in total. The highest BCUT2D eigenvalue weighted by Gasteiger charge is 2.37. The number of barbiturate groups is 1. The molecule has 3 aromatic rings. The lowest BCUT2D eigenvalue weighted by molar-refractivity contribution is -0.122. The number of hydrogen-bond donors (Lipinski definition) is 1. The molecule has 1 fully saturated rings. The zero-order valence-electron chi connectivity index (χ0n) is 20.8. The van der Waals surface area contributed by atoms with Gasteiger partial charge in [-0.25, -0.2) is 9.69 Å². The van der Waals surface area contributed by atoms with Crippen molar-refractivity contribution >= 4 is 57.1 Å². The van der Waals surface area contributed by atoms with Crippen molar-refractivity contribution in [3.63, 3.8) is 0 Å². The van der Waals surface area contributed by atoms with E-state index in [1.807, 2.05) is 32.0 Å². The number of nitrogens with one attached hydrogen (secondary N) is 1. The topological polar surface area (TPSA) is 94.2 Å². The first-order valence-corrected chi connectivity index (χ1v) is 12.8. The fourth-order valence-corrected chi connectivity index (χ4v) is 4.44. The Kier molecular flexibility index (Phi) is 8.38. The Bertz CT molecular complexity index is 1420. The Morgan fingerprint density at radius 1 is 1.05 bits per heavy atom. The van der Waals surface area contributed by atoms with Gasteiger partial charge in [-0.1, -0.05) is 29.8 Å². The van der Waals surface area contributed by atoms with Crippen molar-refractivity contribution < 1.29 is 28.6 Å². The van der Waals surface area contributed by atoms with Crippen molar-refractivity contribution in [3.05, 3.63) is 86.9 Å². The Labute approximate surface area is 233 Å². The Morgan fingerprint density at radius 3 is 2.42 bits per heavy atom. The van der Waals surface area contributed by atoms with Gasteiger partial charge in [-0.15, -0.1) is 0 Å². The summed E-state index contributed by atoms with van der Waals surface area (Å²) in [7, 11) is 1.49. The monoisotopic (exact) mass is 598 g/mol. The van der Waals surface area contributed by atoms with Gasteiger partial charge in [-0.2, -0.15) is 0 Å². The van der Waals surface area contributed by atoms with Gasteiger partial charge in [0.2, 0.25) is 0 Å². The lowest BCUT2D eigenvalue weighted by atomic mass is 10.1. The number of urea groups is 1. The molecule has 0 spiro atoms. The number of hydrogen-bond acceptors (Lipinski definition) is 6. The highest BCUT2D eigenvalue weighted by atomic mass is 79.9. The summed E-state index contributed by atoms with van der Waals surface area (Å²) in [5.74, 6) is -0.123. The predicted molar refractivity (Wildman–Crippen MR) is 148 cm³/mol. The van der Waals surface area contributed by atoms with Crippen molar-refractivity contribution in [1.29, 1.82) is 0 Å². The second-order valence-electron chi connectivity index (χ2n) is 8.53. The average molecular weight is 600 g/mol. The van der Waals surface area contributed by atoms with Crippen LogP contribution >= 0.6 is 27.5 Å². The molecule has 0 radical (unpaired) electrons. The van der Waals surface area contributed by atoms with Gasteiger partial charge < -0.3 is 14.2 Å². The molecular formula is C28H24BrClN2O6. The van der Waals surface area contributed by atoms with Crippen LogP contribution in [0.4, 0.5) is 10.5 Å². The van der Waals surface area contributed by atoms with E-state index in [0.29, 0.717) is 32.3 Å². The Balaban J connectivity index is 1.57. The van der Waals surface area contributed by atoms with E-state index in [1.54, 1.807) is 42.5 Å². The minimum absolute atomic E-state index is 0.0948. The van der Waals surface area contributed by atoms with Crippen LogP contribution < -0.4 is 24.4 Å². The summed E-state index contributed by atoms with van der Waals surface area (Å²) in [6.07, 6.45) is 1.30. The first-order valence-electron chi connectivity index (χ1n) is 11.6. The molecule has 3 aromatic carbocycles. The third-order valence-electron chi connectivity index (χ3n) is 5.47. The number of anilines is 1. The Morgan fingerprint density at radius 2 is 1.76 bits per heavy atom. The summed E-state index contributed by atoms with van der Waals surface area (Å²) in [5, 5.41) is 2.82. The molecule has 1 aliphatic heterocycles. The highest BCUT2D eigenvalue weighted by molar-refractivity contribution is 9.10. The molecule has 38 heavy (non-hydrogen) atoms. The van der Waals surface area contributed by atoms with E-state index in [9.17, 15) is 14.4 Å². The number of halogens is 2. The molecule has 0 atom stereocenters. The van der Waals surface area contributed by atoms with Crippen LogP contribution in [0.5, 0.6) is 17.2 Å². The van der Waals surface area contributed by atoms with Gasteiger partial charge in [0.05, 0.1) is 23.4 Å². The van der Waals surface area contributed by atoms with E-state index in [-0.39, 0.29) is 24.0 Å². The first-order chi connectivity index (χ1) is 18.2. The van der Waals surface area contributed by atoms with Gasteiger partial charge in [0, 0.05) is 10.6 Å².